The van der Waals surface area contributed by atoms with Gasteiger partial charge >= 0.3 is 0 Å². The average molecular weight is 571 g/mol. The molecule has 13 heteroatoms. The van der Waals surface area contributed by atoms with Gasteiger partial charge in [0, 0.05) is 37.3 Å². The summed E-state index contributed by atoms with van der Waals surface area (Å²) in [6.07, 6.45) is 3.16. The van der Waals surface area contributed by atoms with E-state index in [-0.39, 0.29) is 65.4 Å². The second-order valence-electron chi connectivity index (χ2n) is 9.75. The minimum atomic E-state index is -2.88. The number of hydrogen-bond donors (Lipinski definition) is 3. The SMILES string of the molecule is [2H]C([2H])([2H])Oc1ccc(C)c(F)c1-c1nccc(C(=O)Nc2cc(F)c3c(cnn3CCOC)c2N2C[C@@H](N)C[C@H]2CO)n1. The Morgan fingerprint density at radius 1 is 1.34 bits per heavy atom. The number of hydrogen-bond acceptors (Lipinski definition) is 9. The van der Waals surface area contributed by atoms with Crippen molar-refractivity contribution in [2.24, 2.45) is 5.73 Å². The molecule has 5 rings (SSSR count). The van der Waals surface area contributed by atoms with Gasteiger partial charge in [0.1, 0.15) is 22.8 Å². The quantitative estimate of drug-likeness (QED) is 0.277. The van der Waals surface area contributed by atoms with Crippen LogP contribution in [0.25, 0.3) is 22.3 Å². The number of methoxy groups -OCH3 is 2. The van der Waals surface area contributed by atoms with E-state index in [0.29, 0.717) is 24.0 Å². The van der Waals surface area contributed by atoms with Gasteiger partial charge in [0.15, 0.2) is 11.6 Å². The molecule has 2 aromatic carbocycles. The summed E-state index contributed by atoms with van der Waals surface area (Å²) in [6, 6.07) is 4.39. The number of aromatic nitrogens is 4. The largest absolute Gasteiger partial charge is 0.496 e. The van der Waals surface area contributed by atoms with Crippen LogP contribution in [0.5, 0.6) is 5.75 Å². The van der Waals surface area contributed by atoms with Crippen molar-refractivity contribution in [2.45, 2.75) is 32.0 Å². The van der Waals surface area contributed by atoms with E-state index in [9.17, 15) is 9.90 Å². The Morgan fingerprint density at radius 2 is 2.17 bits per heavy atom. The number of nitrogens with one attached hydrogen (secondary N) is 1. The first-order valence-corrected chi connectivity index (χ1v) is 12.8. The van der Waals surface area contributed by atoms with Crippen molar-refractivity contribution >= 4 is 28.2 Å². The molecule has 4 N–H and O–H groups in total. The van der Waals surface area contributed by atoms with Crippen molar-refractivity contribution in [1.29, 1.82) is 0 Å². The van der Waals surface area contributed by atoms with Gasteiger partial charge in [-0.1, -0.05) is 6.07 Å². The first kappa shape index (κ1) is 24.6. The Morgan fingerprint density at radius 3 is 2.93 bits per heavy atom. The summed E-state index contributed by atoms with van der Waals surface area (Å²) >= 11 is 0. The molecule has 1 aliphatic heterocycles. The summed E-state index contributed by atoms with van der Waals surface area (Å²) in [5.74, 6) is -2.87. The summed E-state index contributed by atoms with van der Waals surface area (Å²) in [4.78, 5) is 23.6. The molecule has 1 saturated heterocycles. The zero-order valence-corrected chi connectivity index (χ0v) is 22.4. The maximum Gasteiger partial charge on any atom is 0.274 e. The van der Waals surface area contributed by atoms with E-state index in [1.807, 2.05) is 4.90 Å². The van der Waals surface area contributed by atoms with Crippen molar-refractivity contribution in [3.05, 3.63) is 59.6 Å². The molecule has 0 bridgehead atoms. The van der Waals surface area contributed by atoms with Crippen molar-refractivity contribution in [2.75, 3.05) is 44.1 Å². The topological polar surface area (TPSA) is 141 Å². The molecular formula is C28H31F2N7O4. The van der Waals surface area contributed by atoms with Crippen LogP contribution in [-0.2, 0) is 11.3 Å². The molecule has 216 valence electrons. The molecular weight excluding hydrogens is 536 g/mol. The molecule has 0 spiro atoms. The van der Waals surface area contributed by atoms with Gasteiger partial charge in [-0.25, -0.2) is 18.7 Å². The third kappa shape index (κ3) is 5.31. The number of carbonyl (C=O) groups is 1. The molecule has 11 nitrogen and oxygen atoms in total. The van der Waals surface area contributed by atoms with Crippen LogP contribution < -0.4 is 20.7 Å². The van der Waals surface area contributed by atoms with Crippen molar-refractivity contribution in [3.8, 4) is 17.1 Å². The van der Waals surface area contributed by atoms with Crippen LogP contribution in [0.1, 0.15) is 26.6 Å². The molecule has 1 fully saturated rings. The van der Waals surface area contributed by atoms with Gasteiger partial charge in [-0.2, -0.15) is 5.10 Å². The van der Waals surface area contributed by atoms with Crippen LogP contribution in [0, 0.1) is 18.6 Å². The zero-order valence-electron chi connectivity index (χ0n) is 25.4. The third-order valence-corrected chi connectivity index (χ3v) is 7.07. The Bertz CT molecular complexity index is 1700. The molecule has 2 aromatic heterocycles. The van der Waals surface area contributed by atoms with E-state index in [0.717, 1.165) is 6.07 Å². The first-order valence-electron chi connectivity index (χ1n) is 14.3. The lowest BCUT2D eigenvalue weighted by Crippen LogP contribution is -2.34. The number of aliphatic hydroxyl groups excluding tert-OH is 1. The lowest BCUT2D eigenvalue weighted by atomic mass is 10.1. The molecule has 0 saturated carbocycles. The van der Waals surface area contributed by atoms with Crippen LogP contribution in [0.15, 0.2) is 36.7 Å². The summed E-state index contributed by atoms with van der Waals surface area (Å²) in [7, 11) is -1.36. The maximum atomic E-state index is 15.6. The van der Waals surface area contributed by atoms with Crippen molar-refractivity contribution < 1.29 is 32.3 Å². The van der Waals surface area contributed by atoms with E-state index in [1.165, 1.54) is 49.3 Å². The molecule has 3 heterocycles. The molecule has 4 aromatic rings. The fourth-order valence-corrected chi connectivity index (χ4v) is 5.12. The molecule has 0 unspecified atom stereocenters. The number of anilines is 2. The van der Waals surface area contributed by atoms with Crippen LogP contribution in [0.3, 0.4) is 0 Å². The van der Waals surface area contributed by atoms with Crippen LogP contribution in [-0.4, -0.2) is 76.8 Å². The number of fused-ring (bicyclic) bond motifs is 1. The van der Waals surface area contributed by atoms with Crippen LogP contribution in [0.4, 0.5) is 20.2 Å². The van der Waals surface area contributed by atoms with Crippen LogP contribution >= 0.6 is 0 Å². The number of amides is 1. The highest BCUT2D eigenvalue weighted by Gasteiger charge is 2.34. The second-order valence-corrected chi connectivity index (χ2v) is 9.75. The van der Waals surface area contributed by atoms with E-state index in [4.69, 9.17) is 19.3 Å². The Hall–Kier alpha value is -4.20. The minimum Gasteiger partial charge on any atom is -0.496 e. The number of aryl methyl sites for hydroxylation is 1. The normalized spacial score (nSPS) is 18.3. The van der Waals surface area contributed by atoms with Gasteiger partial charge in [0.25, 0.3) is 5.91 Å². The molecule has 1 amide bonds. The predicted molar refractivity (Wildman–Crippen MR) is 149 cm³/mol. The highest BCUT2D eigenvalue weighted by atomic mass is 19.1. The Balaban J connectivity index is 1.57. The van der Waals surface area contributed by atoms with Gasteiger partial charge < -0.3 is 30.5 Å². The lowest BCUT2D eigenvalue weighted by Gasteiger charge is -2.28. The zero-order chi connectivity index (χ0) is 31.8. The summed E-state index contributed by atoms with van der Waals surface area (Å²) < 4.78 is 64.8. The average Bonchev–Trinajstić information content (AvgIpc) is 3.57. The number of nitrogens with two attached hydrogens (primary N) is 1. The van der Waals surface area contributed by atoms with Crippen molar-refractivity contribution in [1.82, 2.24) is 19.7 Å². The standard InChI is InChI=1S/C28H31F2N7O4/c1-15-4-5-22(41-3)23(24(15)30)27-32-7-6-20(34-27)28(39)35-21-11-19(29)25-18(12-33-37(25)8-9-40-2)26(21)36-13-16(31)10-17(36)14-38/h4-7,11-12,16-17,38H,8-10,13-14,31H2,1-3H3,(H,35,39)/t16-,17-/m0/s1/i3D3. The van der Waals surface area contributed by atoms with Gasteiger partial charge in [-0.15, -0.1) is 0 Å². The highest BCUT2D eigenvalue weighted by molar-refractivity contribution is 6.09. The lowest BCUT2D eigenvalue weighted by molar-refractivity contribution is 0.102. The summed E-state index contributed by atoms with van der Waals surface area (Å²) in [6.45, 7) is 2.14. The molecule has 1 aliphatic rings. The number of ether oxygens (including phenoxy) is 2. The minimum absolute atomic E-state index is 0.0761. The van der Waals surface area contributed by atoms with Gasteiger partial charge in [0.2, 0.25) is 0 Å². The maximum absolute atomic E-state index is 15.6. The molecule has 0 radical (unpaired) electrons. The number of carbonyl (C=O) groups excluding carboxylic acids is 1. The van der Waals surface area contributed by atoms with E-state index in [2.05, 4.69) is 20.4 Å². The second kappa shape index (κ2) is 11.7. The molecule has 2 atom stereocenters. The van der Waals surface area contributed by atoms with E-state index in [1.54, 1.807) is 0 Å². The first-order chi connectivity index (χ1) is 20.9. The van der Waals surface area contributed by atoms with Crippen molar-refractivity contribution in [3.63, 3.8) is 0 Å². The number of rotatable bonds is 9. The number of nitrogens with zero attached hydrogens (tertiary/aromatic N) is 5. The van der Waals surface area contributed by atoms with E-state index >= 15 is 8.78 Å². The fraction of sp³-hybridized carbons (Fsp3) is 0.357. The van der Waals surface area contributed by atoms with Gasteiger partial charge in [0.05, 0.1) is 60.1 Å². The van der Waals surface area contributed by atoms with E-state index < -0.39 is 30.6 Å². The summed E-state index contributed by atoms with van der Waals surface area (Å²) in [5.41, 5.74) is 6.53. The van der Waals surface area contributed by atoms with Crippen LogP contribution in [0.2, 0.25) is 0 Å². The van der Waals surface area contributed by atoms with Gasteiger partial charge in [-0.3, -0.25) is 9.48 Å². The molecule has 41 heavy (non-hydrogen) atoms. The number of halogens is 2. The molecule has 0 aliphatic carbocycles. The number of aliphatic hydroxyl groups is 1. The predicted octanol–water partition coefficient (Wildman–Crippen LogP) is 2.89. The third-order valence-electron chi connectivity index (χ3n) is 7.07. The Kier molecular flexibility index (Phi) is 7.03. The smallest absolute Gasteiger partial charge is 0.274 e. The highest BCUT2D eigenvalue weighted by Crippen LogP contribution is 2.40. The monoisotopic (exact) mass is 570 g/mol. The number of benzene rings is 2. The Labute approximate surface area is 239 Å². The van der Waals surface area contributed by atoms with Gasteiger partial charge in [-0.05, 0) is 31.0 Å². The fourth-order valence-electron chi connectivity index (χ4n) is 5.12. The summed E-state index contributed by atoms with van der Waals surface area (Å²) in [5, 5.41) is 17.5.